The van der Waals surface area contributed by atoms with Gasteiger partial charge in [0.25, 0.3) is 11.8 Å². The highest BCUT2D eigenvalue weighted by molar-refractivity contribution is 7.87. The summed E-state index contributed by atoms with van der Waals surface area (Å²) in [6, 6.07) is 11.8. The molecule has 1 aliphatic heterocycles. The first-order valence-corrected chi connectivity index (χ1v) is 13.2. The second-order valence-electron chi connectivity index (χ2n) is 7.79. The predicted octanol–water partition coefficient (Wildman–Crippen LogP) is 4.87. The SMILES string of the molecule is COC(=O)c1ccc(N2C(=O)NC(=O)/C(=C\c3cc(Cl)cc(Cl)c3OS(=O)(=O)c3ccc(Cl)cc3)C2=O)cc1. The number of ether oxygens (including phenoxy) is 1. The molecule has 200 valence electrons. The predicted molar refractivity (Wildman–Crippen MR) is 143 cm³/mol. The summed E-state index contributed by atoms with van der Waals surface area (Å²) in [6.07, 6.45) is 0.990. The lowest BCUT2D eigenvalue weighted by molar-refractivity contribution is -0.122. The van der Waals surface area contributed by atoms with E-state index in [1.165, 1.54) is 67.8 Å². The molecule has 0 saturated carbocycles. The number of carbonyl (C=O) groups excluding carboxylic acids is 4. The van der Waals surface area contributed by atoms with Crippen LogP contribution in [0.5, 0.6) is 5.75 Å². The Bertz CT molecular complexity index is 1650. The van der Waals surface area contributed by atoms with Crippen molar-refractivity contribution < 1.29 is 36.5 Å². The molecule has 1 heterocycles. The van der Waals surface area contributed by atoms with E-state index < -0.39 is 45.3 Å². The molecule has 0 aromatic heterocycles. The molecule has 4 rings (SSSR count). The zero-order chi connectivity index (χ0) is 28.5. The van der Waals surface area contributed by atoms with Gasteiger partial charge in [0.2, 0.25) is 0 Å². The Labute approximate surface area is 236 Å². The van der Waals surface area contributed by atoms with Gasteiger partial charge in [-0.15, -0.1) is 0 Å². The Morgan fingerprint density at radius 1 is 0.923 bits per heavy atom. The topological polar surface area (TPSA) is 136 Å². The Morgan fingerprint density at radius 3 is 2.18 bits per heavy atom. The molecule has 39 heavy (non-hydrogen) atoms. The van der Waals surface area contributed by atoms with Crippen LogP contribution in [-0.2, 0) is 24.4 Å². The molecule has 3 aromatic rings. The van der Waals surface area contributed by atoms with Gasteiger partial charge in [-0.1, -0.05) is 34.8 Å². The Kier molecular flexibility index (Phi) is 7.98. The maximum absolute atomic E-state index is 13.3. The fourth-order valence-electron chi connectivity index (χ4n) is 3.45. The maximum Gasteiger partial charge on any atom is 0.339 e. The van der Waals surface area contributed by atoms with Crippen molar-refractivity contribution in [3.8, 4) is 5.75 Å². The molecule has 0 bridgehead atoms. The highest BCUT2D eigenvalue weighted by Crippen LogP contribution is 2.36. The van der Waals surface area contributed by atoms with E-state index in [0.717, 1.165) is 6.08 Å². The third kappa shape index (κ3) is 5.91. The first-order valence-electron chi connectivity index (χ1n) is 10.7. The molecule has 1 aliphatic rings. The van der Waals surface area contributed by atoms with E-state index in [4.69, 9.17) is 39.0 Å². The first-order chi connectivity index (χ1) is 18.4. The second-order valence-corrected chi connectivity index (χ2v) is 10.6. The van der Waals surface area contributed by atoms with Crippen LogP contribution in [0.3, 0.4) is 0 Å². The van der Waals surface area contributed by atoms with Gasteiger partial charge in [-0.25, -0.2) is 14.5 Å². The van der Waals surface area contributed by atoms with Gasteiger partial charge < -0.3 is 8.92 Å². The van der Waals surface area contributed by atoms with Crippen LogP contribution in [0.15, 0.2) is 71.1 Å². The zero-order valence-corrected chi connectivity index (χ0v) is 22.7. The smallest absolute Gasteiger partial charge is 0.339 e. The van der Waals surface area contributed by atoms with Crippen molar-refractivity contribution in [3.63, 3.8) is 0 Å². The second kappa shape index (κ2) is 11.1. The lowest BCUT2D eigenvalue weighted by atomic mass is 10.1. The van der Waals surface area contributed by atoms with Crippen LogP contribution in [0.25, 0.3) is 6.08 Å². The molecule has 0 aliphatic carbocycles. The molecule has 3 aromatic carbocycles. The van der Waals surface area contributed by atoms with Gasteiger partial charge in [0.15, 0.2) is 5.75 Å². The summed E-state index contributed by atoms with van der Waals surface area (Å²) >= 11 is 18.2. The number of barbiturate groups is 1. The molecule has 14 heteroatoms. The summed E-state index contributed by atoms with van der Waals surface area (Å²) in [7, 11) is -3.24. The molecule has 0 spiro atoms. The van der Waals surface area contributed by atoms with Crippen LogP contribution in [0.4, 0.5) is 10.5 Å². The first kappa shape index (κ1) is 28.1. The molecule has 4 amide bonds. The number of esters is 1. The van der Waals surface area contributed by atoms with Gasteiger partial charge >= 0.3 is 22.1 Å². The summed E-state index contributed by atoms with van der Waals surface area (Å²) in [4.78, 5) is 50.6. The van der Waals surface area contributed by atoms with Crippen molar-refractivity contribution in [2.75, 3.05) is 12.0 Å². The third-order valence-electron chi connectivity index (χ3n) is 5.28. The molecule has 1 saturated heterocycles. The number of urea groups is 1. The molecule has 0 atom stereocenters. The number of hydrogen-bond donors (Lipinski definition) is 1. The minimum absolute atomic E-state index is 0.0365. The average Bonchev–Trinajstić information content (AvgIpc) is 2.88. The van der Waals surface area contributed by atoms with Gasteiger partial charge in [-0.2, -0.15) is 8.42 Å². The monoisotopic (exact) mass is 608 g/mol. The van der Waals surface area contributed by atoms with Crippen molar-refractivity contribution in [2.45, 2.75) is 4.90 Å². The lowest BCUT2D eigenvalue weighted by Crippen LogP contribution is -2.54. The number of nitrogens with zero attached hydrogens (tertiary/aromatic N) is 1. The van der Waals surface area contributed by atoms with Crippen LogP contribution < -0.4 is 14.4 Å². The van der Waals surface area contributed by atoms with Crippen molar-refractivity contribution in [1.82, 2.24) is 5.32 Å². The number of amides is 4. The summed E-state index contributed by atoms with van der Waals surface area (Å²) in [5.74, 6) is -3.16. The van der Waals surface area contributed by atoms with E-state index in [2.05, 4.69) is 4.74 Å². The number of nitrogens with one attached hydrogen (secondary N) is 1. The van der Waals surface area contributed by atoms with E-state index in [1.807, 2.05) is 5.32 Å². The number of methoxy groups -OCH3 is 1. The van der Waals surface area contributed by atoms with Crippen LogP contribution in [-0.4, -0.2) is 39.3 Å². The number of imide groups is 2. The van der Waals surface area contributed by atoms with Crippen molar-refractivity contribution in [1.29, 1.82) is 0 Å². The molecule has 1 fully saturated rings. The summed E-state index contributed by atoms with van der Waals surface area (Å²) < 4.78 is 35.7. The summed E-state index contributed by atoms with van der Waals surface area (Å²) in [6.45, 7) is 0. The number of hydrogen-bond acceptors (Lipinski definition) is 8. The van der Waals surface area contributed by atoms with Crippen LogP contribution in [0, 0.1) is 0 Å². The number of benzene rings is 3. The lowest BCUT2D eigenvalue weighted by Gasteiger charge is -2.26. The maximum atomic E-state index is 13.3. The fourth-order valence-corrected chi connectivity index (χ4v) is 5.14. The highest BCUT2D eigenvalue weighted by Gasteiger charge is 2.37. The molecule has 10 nitrogen and oxygen atoms in total. The van der Waals surface area contributed by atoms with E-state index in [0.29, 0.717) is 9.92 Å². The largest absolute Gasteiger partial charge is 0.465 e. The van der Waals surface area contributed by atoms with Gasteiger partial charge in [-0.3, -0.25) is 14.9 Å². The highest BCUT2D eigenvalue weighted by atomic mass is 35.5. The van der Waals surface area contributed by atoms with Crippen molar-refractivity contribution >= 4 is 80.5 Å². The average molecular weight is 610 g/mol. The minimum atomic E-state index is -4.43. The Morgan fingerprint density at radius 2 is 1.56 bits per heavy atom. The third-order valence-corrected chi connectivity index (χ3v) is 7.27. The standard InChI is InChI=1S/C25H15Cl3N2O8S/c1-37-24(33)13-2-6-17(7-3-13)30-23(32)19(22(31)29-25(30)34)11-14-10-16(27)12-20(28)21(14)38-39(35,36)18-8-4-15(26)5-9-18/h2-12H,1H3,(H,29,31,34)/b19-11+. The van der Waals surface area contributed by atoms with Gasteiger partial charge in [0, 0.05) is 15.6 Å². The quantitative estimate of drug-likeness (QED) is 0.181. The molecule has 0 unspecified atom stereocenters. The zero-order valence-electron chi connectivity index (χ0n) is 19.6. The van der Waals surface area contributed by atoms with Crippen molar-refractivity contribution in [3.05, 3.63) is 92.4 Å². The van der Waals surface area contributed by atoms with E-state index in [-0.39, 0.29) is 31.8 Å². The number of carbonyl (C=O) groups is 4. The number of rotatable bonds is 6. The Balaban J connectivity index is 1.75. The van der Waals surface area contributed by atoms with Crippen LogP contribution in [0.1, 0.15) is 15.9 Å². The minimum Gasteiger partial charge on any atom is -0.465 e. The summed E-state index contributed by atoms with van der Waals surface area (Å²) in [5.41, 5.74) is -0.498. The van der Waals surface area contributed by atoms with Gasteiger partial charge in [-0.05, 0) is 66.7 Å². The van der Waals surface area contributed by atoms with Crippen LogP contribution in [0.2, 0.25) is 15.1 Å². The van der Waals surface area contributed by atoms with E-state index in [9.17, 15) is 27.6 Å². The Hall–Kier alpha value is -3.90. The van der Waals surface area contributed by atoms with E-state index in [1.54, 1.807) is 0 Å². The normalized spacial score (nSPS) is 14.8. The number of halogens is 3. The van der Waals surface area contributed by atoms with Crippen molar-refractivity contribution in [2.24, 2.45) is 0 Å². The molecular formula is C25H15Cl3N2O8S. The van der Waals surface area contributed by atoms with Gasteiger partial charge in [0.05, 0.1) is 23.4 Å². The molecule has 1 N–H and O–H groups in total. The molecule has 0 radical (unpaired) electrons. The van der Waals surface area contributed by atoms with Gasteiger partial charge in [0.1, 0.15) is 10.5 Å². The fraction of sp³-hybridized carbons (Fsp3) is 0.0400. The summed E-state index contributed by atoms with van der Waals surface area (Å²) in [5, 5.41) is 2.14. The number of anilines is 1. The van der Waals surface area contributed by atoms with E-state index >= 15 is 0 Å². The molecular weight excluding hydrogens is 595 g/mol. The van der Waals surface area contributed by atoms with Crippen LogP contribution >= 0.6 is 34.8 Å².